The van der Waals surface area contributed by atoms with Gasteiger partial charge in [0.25, 0.3) is 5.91 Å². The number of hydrogen-bond donors (Lipinski definition) is 0. The van der Waals surface area contributed by atoms with E-state index in [0.717, 1.165) is 29.0 Å². The van der Waals surface area contributed by atoms with Gasteiger partial charge in [0.05, 0.1) is 5.56 Å². The third-order valence-corrected chi connectivity index (χ3v) is 6.26. The normalized spacial score (nSPS) is 16.4. The van der Waals surface area contributed by atoms with Crippen LogP contribution in [-0.4, -0.2) is 23.1 Å². The van der Waals surface area contributed by atoms with Crippen LogP contribution in [0.2, 0.25) is 0 Å². The molecule has 1 atom stereocenters. The van der Waals surface area contributed by atoms with Gasteiger partial charge in [-0.2, -0.15) is 13.2 Å². The van der Waals surface area contributed by atoms with Crippen LogP contribution in [0.25, 0.3) is 0 Å². The summed E-state index contributed by atoms with van der Waals surface area (Å²) in [5, 5.41) is -0.245. The van der Waals surface area contributed by atoms with E-state index >= 15 is 0 Å². The lowest BCUT2D eigenvalue weighted by molar-refractivity contribution is -0.137. The van der Waals surface area contributed by atoms with Crippen molar-refractivity contribution in [3.05, 3.63) is 101 Å². The number of alkyl halides is 3. The quantitative estimate of drug-likeness (QED) is 0.472. The van der Waals surface area contributed by atoms with Crippen molar-refractivity contribution in [1.29, 1.82) is 0 Å². The number of ether oxygens (including phenoxy) is 1. The zero-order valence-electron chi connectivity index (χ0n) is 16.5. The number of nitrogens with zero attached hydrogens (tertiary/aromatic N) is 1. The van der Waals surface area contributed by atoms with E-state index in [1.807, 2.05) is 54.6 Å². The van der Waals surface area contributed by atoms with Gasteiger partial charge in [-0.3, -0.25) is 4.79 Å². The molecule has 1 saturated heterocycles. The van der Waals surface area contributed by atoms with Crippen LogP contribution in [0.3, 0.4) is 0 Å². The van der Waals surface area contributed by atoms with Crippen molar-refractivity contribution in [2.24, 2.45) is 0 Å². The van der Waals surface area contributed by atoms with Gasteiger partial charge in [0, 0.05) is 17.9 Å². The molecular formula is C24H20F3NO2S. The Bertz CT molecular complexity index is 1040. The molecule has 1 heterocycles. The molecule has 0 bridgehead atoms. The van der Waals surface area contributed by atoms with Crippen molar-refractivity contribution in [1.82, 2.24) is 4.90 Å². The van der Waals surface area contributed by atoms with Gasteiger partial charge in [0.2, 0.25) is 0 Å². The Hall–Kier alpha value is -2.93. The van der Waals surface area contributed by atoms with Gasteiger partial charge in [0.15, 0.2) is 0 Å². The molecule has 1 aliphatic rings. The van der Waals surface area contributed by atoms with Gasteiger partial charge in [-0.05, 0) is 41.5 Å². The molecule has 1 amide bonds. The van der Waals surface area contributed by atoms with E-state index in [4.69, 9.17) is 4.74 Å². The Labute approximate surface area is 182 Å². The van der Waals surface area contributed by atoms with Crippen LogP contribution in [0.1, 0.15) is 32.4 Å². The van der Waals surface area contributed by atoms with E-state index in [-0.39, 0.29) is 10.9 Å². The first-order valence-corrected chi connectivity index (χ1v) is 10.8. The zero-order chi connectivity index (χ0) is 21.8. The molecule has 0 radical (unpaired) electrons. The number of thioether (sulfide) groups is 1. The number of hydrogen-bond acceptors (Lipinski definition) is 3. The number of carbonyl (C=O) groups is 1. The highest BCUT2D eigenvalue weighted by molar-refractivity contribution is 7.99. The molecule has 1 aliphatic heterocycles. The van der Waals surface area contributed by atoms with Gasteiger partial charge in [-0.15, -0.1) is 11.8 Å². The van der Waals surface area contributed by atoms with Crippen LogP contribution in [0.4, 0.5) is 13.2 Å². The summed E-state index contributed by atoms with van der Waals surface area (Å²) in [6.07, 6.45) is -4.48. The standard InChI is InChI=1S/C24H20F3NO2S/c25-24(26,27)20-8-4-7-19(15-20)22(29)28-13-14-31-23(28)18-9-11-21(12-10-18)30-16-17-5-2-1-3-6-17/h1-12,15,23H,13-14,16H2. The predicted molar refractivity (Wildman–Crippen MR) is 115 cm³/mol. The second-order valence-corrected chi connectivity index (χ2v) is 8.33. The third-order valence-electron chi connectivity index (χ3n) is 5.00. The van der Waals surface area contributed by atoms with Crippen molar-refractivity contribution in [2.75, 3.05) is 12.3 Å². The molecule has 3 nitrogen and oxygen atoms in total. The van der Waals surface area contributed by atoms with E-state index in [1.165, 1.54) is 12.1 Å². The number of halogens is 3. The largest absolute Gasteiger partial charge is 0.489 e. The summed E-state index contributed by atoms with van der Waals surface area (Å²) >= 11 is 1.59. The fourth-order valence-electron chi connectivity index (χ4n) is 3.42. The molecule has 3 aromatic carbocycles. The average molecular weight is 443 g/mol. The highest BCUT2D eigenvalue weighted by Gasteiger charge is 2.34. The van der Waals surface area contributed by atoms with Crippen molar-refractivity contribution < 1.29 is 22.7 Å². The molecule has 0 N–H and O–H groups in total. The molecule has 1 fully saturated rings. The lowest BCUT2D eigenvalue weighted by atomic mass is 10.1. The molecule has 1 unspecified atom stereocenters. The molecule has 31 heavy (non-hydrogen) atoms. The minimum absolute atomic E-state index is 0.0464. The molecule has 0 aromatic heterocycles. The molecule has 3 aromatic rings. The monoisotopic (exact) mass is 443 g/mol. The van der Waals surface area contributed by atoms with Gasteiger partial charge in [0.1, 0.15) is 17.7 Å². The lowest BCUT2D eigenvalue weighted by Crippen LogP contribution is -2.30. The number of benzene rings is 3. The summed E-state index contributed by atoms with van der Waals surface area (Å²) in [4.78, 5) is 14.6. The SMILES string of the molecule is O=C(c1cccc(C(F)(F)F)c1)N1CCSC1c1ccc(OCc2ccccc2)cc1. The Morgan fingerprint density at radius 2 is 1.74 bits per heavy atom. The van der Waals surface area contributed by atoms with Crippen molar-refractivity contribution in [2.45, 2.75) is 18.2 Å². The summed E-state index contributed by atoms with van der Waals surface area (Å²) in [5.74, 6) is 1.04. The summed E-state index contributed by atoms with van der Waals surface area (Å²) in [6.45, 7) is 0.940. The zero-order valence-corrected chi connectivity index (χ0v) is 17.3. The average Bonchev–Trinajstić information content (AvgIpc) is 3.28. The summed E-state index contributed by atoms with van der Waals surface area (Å²) < 4.78 is 44.9. The summed E-state index contributed by atoms with van der Waals surface area (Å²) in [5.41, 5.74) is 1.21. The molecule has 0 spiro atoms. The molecule has 0 saturated carbocycles. The number of amides is 1. The molecule has 0 aliphatic carbocycles. The van der Waals surface area contributed by atoms with Crippen molar-refractivity contribution in [3.63, 3.8) is 0 Å². The summed E-state index contributed by atoms with van der Waals surface area (Å²) in [7, 11) is 0. The maximum Gasteiger partial charge on any atom is 0.416 e. The molecule has 7 heteroatoms. The van der Waals surface area contributed by atoms with Crippen LogP contribution in [0.5, 0.6) is 5.75 Å². The van der Waals surface area contributed by atoms with Gasteiger partial charge in [-0.1, -0.05) is 48.5 Å². The fraction of sp³-hybridized carbons (Fsp3) is 0.208. The number of rotatable bonds is 5. The van der Waals surface area contributed by atoms with E-state index in [9.17, 15) is 18.0 Å². The second kappa shape index (κ2) is 9.06. The fourth-order valence-corrected chi connectivity index (χ4v) is 4.67. The lowest BCUT2D eigenvalue weighted by Gasteiger charge is -2.24. The number of carbonyl (C=O) groups excluding carboxylic acids is 1. The van der Waals surface area contributed by atoms with E-state index in [2.05, 4.69) is 0 Å². The first-order chi connectivity index (χ1) is 14.9. The molecular weight excluding hydrogens is 423 g/mol. The highest BCUT2D eigenvalue weighted by Crippen LogP contribution is 2.39. The van der Waals surface area contributed by atoms with Crippen LogP contribution in [0.15, 0.2) is 78.9 Å². The Balaban J connectivity index is 1.46. The van der Waals surface area contributed by atoms with Crippen LogP contribution in [0, 0.1) is 0 Å². The maximum absolute atomic E-state index is 13.0. The predicted octanol–water partition coefficient (Wildman–Crippen LogP) is 6.17. The minimum atomic E-state index is -4.48. The van der Waals surface area contributed by atoms with E-state index < -0.39 is 17.6 Å². The van der Waals surface area contributed by atoms with Gasteiger partial charge in [-0.25, -0.2) is 0 Å². The van der Waals surface area contributed by atoms with Crippen molar-refractivity contribution >= 4 is 17.7 Å². The second-order valence-electron chi connectivity index (χ2n) is 7.14. The Kier molecular flexibility index (Phi) is 6.23. The smallest absolute Gasteiger partial charge is 0.416 e. The highest BCUT2D eigenvalue weighted by atomic mass is 32.2. The Morgan fingerprint density at radius 1 is 1.00 bits per heavy atom. The first kappa shape index (κ1) is 21.3. The third kappa shape index (κ3) is 5.05. The van der Waals surface area contributed by atoms with Crippen LogP contribution < -0.4 is 4.74 Å². The minimum Gasteiger partial charge on any atom is -0.489 e. The van der Waals surface area contributed by atoms with Crippen LogP contribution >= 0.6 is 11.8 Å². The van der Waals surface area contributed by atoms with Crippen LogP contribution in [-0.2, 0) is 12.8 Å². The van der Waals surface area contributed by atoms with Crippen molar-refractivity contribution in [3.8, 4) is 5.75 Å². The molecule has 160 valence electrons. The van der Waals surface area contributed by atoms with Gasteiger partial charge >= 0.3 is 6.18 Å². The van der Waals surface area contributed by atoms with Gasteiger partial charge < -0.3 is 9.64 Å². The maximum atomic E-state index is 13.0. The van der Waals surface area contributed by atoms with E-state index in [1.54, 1.807) is 16.7 Å². The molecule has 4 rings (SSSR count). The topological polar surface area (TPSA) is 29.5 Å². The van der Waals surface area contributed by atoms with E-state index in [0.29, 0.717) is 18.9 Å². The Morgan fingerprint density at radius 3 is 2.45 bits per heavy atom. The first-order valence-electron chi connectivity index (χ1n) is 9.78. The summed E-state index contributed by atoms with van der Waals surface area (Å²) in [6, 6.07) is 21.9.